The fraction of sp³-hybridized carbons (Fsp3) is 1.00. The van der Waals surface area contributed by atoms with Gasteiger partial charge in [0, 0.05) is 13.1 Å². The van der Waals surface area contributed by atoms with Crippen LogP contribution in [0.15, 0.2) is 0 Å². The third kappa shape index (κ3) is 5.80. The lowest BCUT2D eigenvalue weighted by molar-refractivity contribution is 0.102. The van der Waals surface area contributed by atoms with Crippen LogP contribution in [0.25, 0.3) is 0 Å². The van der Waals surface area contributed by atoms with Crippen LogP contribution in [-0.4, -0.2) is 51.7 Å². The molecule has 2 unspecified atom stereocenters. The summed E-state index contributed by atoms with van der Waals surface area (Å²) >= 11 is 0. The molecule has 3 nitrogen and oxygen atoms in total. The molecule has 0 aromatic heterocycles. The predicted molar refractivity (Wildman–Crippen MR) is 84.6 cm³/mol. The van der Waals surface area contributed by atoms with Gasteiger partial charge in [0.25, 0.3) is 0 Å². The summed E-state index contributed by atoms with van der Waals surface area (Å²) < 4.78 is 0. The number of piperidine rings is 1. The molecule has 1 fully saturated rings. The average Bonchev–Trinajstić information content (AvgIpc) is 2.37. The van der Waals surface area contributed by atoms with Crippen LogP contribution in [0.1, 0.15) is 40.0 Å². The molecule has 0 spiro atoms. The van der Waals surface area contributed by atoms with Crippen LogP contribution >= 0.6 is 0 Å². The Balaban J connectivity index is 2.33. The largest absolute Gasteiger partial charge is 0.319 e. The molecular weight excluding hydrogens is 234 g/mol. The Morgan fingerprint density at radius 2 is 2.05 bits per heavy atom. The zero-order valence-electron chi connectivity index (χ0n) is 13.8. The highest BCUT2D eigenvalue weighted by Crippen LogP contribution is 2.32. The predicted octanol–water partition coefficient (Wildman–Crippen LogP) is 2.19. The van der Waals surface area contributed by atoms with E-state index in [2.05, 4.69) is 43.4 Å². The maximum Gasteiger partial charge on any atom is 0.00122 e. The summed E-state index contributed by atoms with van der Waals surface area (Å²) in [5, 5.41) is 7.00. The van der Waals surface area contributed by atoms with Gasteiger partial charge in [-0.25, -0.2) is 0 Å². The second kappa shape index (κ2) is 8.23. The Morgan fingerprint density at radius 1 is 1.32 bits per heavy atom. The van der Waals surface area contributed by atoms with E-state index in [4.69, 9.17) is 0 Å². The summed E-state index contributed by atoms with van der Waals surface area (Å²) in [5.74, 6) is 1.60. The van der Waals surface area contributed by atoms with E-state index in [-0.39, 0.29) is 0 Å². The molecule has 114 valence electrons. The second-order valence-corrected chi connectivity index (χ2v) is 7.05. The van der Waals surface area contributed by atoms with Crippen molar-refractivity contribution < 1.29 is 0 Å². The Morgan fingerprint density at radius 3 is 2.63 bits per heavy atom. The number of nitrogens with zero attached hydrogens (tertiary/aromatic N) is 1. The third-order valence-electron chi connectivity index (χ3n) is 4.81. The number of nitrogens with one attached hydrogen (secondary N) is 2. The number of hydrogen-bond acceptors (Lipinski definition) is 3. The molecule has 2 N–H and O–H groups in total. The monoisotopic (exact) mass is 269 g/mol. The van der Waals surface area contributed by atoms with Gasteiger partial charge in [-0.3, -0.25) is 0 Å². The first-order valence-electron chi connectivity index (χ1n) is 8.03. The van der Waals surface area contributed by atoms with Gasteiger partial charge in [0.1, 0.15) is 0 Å². The van der Waals surface area contributed by atoms with Crippen molar-refractivity contribution in [1.29, 1.82) is 0 Å². The molecule has 0 bridgehead atoms. The third-order valence-corrected chi connectivity index (χ3v) is 4.81. The van der Waals surface area contributed by atoms with Gasteiger partial charge in [-0.15, -0.1) is 0 Å². The van der Waals surface area contributed by atoms with Crippen LogP contribution in [0, 0.1) is 17.3 Å². The molecule has 0 amide bonds. The van der Waals surface area contributed by atoms with E-state index in [9.17, 15) is 0 Å². The summed E-state index contributed by atoms with van der Waals surface area (Å²) in [6.45, 7) is 13.1. The number of rotatable bonds is 8. The highest BCUT2D eigenvalue weighted by atomic mass is 15.1. The van der Waals surface area contributed by atoms with Gasteiger partial charge < -0.3 is 15.5 Å². The van der Waals surface area contributed by atoms with Crippen molar-refractivity contribution in [3.8, 4) is 0 Å². The molecular formula is C16H35N3. The van der Waals surface area contributed by atoms with Crippen molar-refractivity contribution in [3.05, 3.63) is 0 Å². The summed E-state index contributed by atoms with van der Waals surface area (Å²) in [6, 6.07) is 0. The molecule has 1 heterocycles. The SMILES string of the molecule is CCC(CNC)CNCC(C)(C)C1CCCN(C)C1. The Labute approximate surface area is 120 Å². The standard InChI is InChI=1S/C16H35N3/c1-6-14(10-17-4)11-18-13-16(2,3)15-8-7-9-19(5)12-15/h14-15,17-18H,6-13H2,1-5H3. The van der Waals surface area contributed by atoms with E-state index in [0.29, 0.717) is 5.41 Å². The lowest BCUT2D eigenvalue weighted by atomic mass is 9.74. The van der Waals surface area contributed by atoms with E-state index in [0.717, 1.165) is 31.5 Å². The van der Waals surface area contributed by atoms with Gasteiger partial charge in [0.2, 0.25) is 0 Å². The van der Waals surface area contributed by atoms with Crippen molar-refractivity contribution in [1.82, 2.24) is 15.5 Å². The minimum absolute atomic E-state index is 0.409. The van der Waals surface area contributed by atoms with E-state index in [1.807, 2.05) is 7.05 Å². The molecule has 1 aliphatic rings. The molecule has 1 saturated heterocycles. The van der Waals surface area contributed by atoms with Gasteiger partial charge in [-0.1, -0.05) is 27.2 Å². The van der Waals surface area contributed by atoms with Crippen molar-refractivity contribution in [2.75, 3.05) is 46.8 Å². The van der Waals surface area contributed by atoms with E-state index < -0.39 is 0 Å². The van der Waals surface area contributed by atoms with Crippen molar-refractivity contribution in [3.63, 3.8) is 0 Å². The van der Waals surface area contributed by atoms with Gasteiger partial charge in [0.05, 0.1) is 0 Å². The van der Waals surface area contributed by atoms with Crippen molar-refractivity contribution in [2.45, 2.75) is 40.0 Å². The van der Waals surface area contributed by atoms with Crippen molar-refractivity contribution in [2.24, 2.45) is 17.3 Å². The van der Waals surface area contributed by atoms with Crippen LogP contribution in [-0.2, 0) is 0 Å². The Hall–Kier alpha value is -0.120. The first-order chi connectivity index (χ1) is 8.99. The van der Waals surface area contributed by atoms with Gasteiger partial charge in [-0.05, 0) is 63.8 Å². The summed E-state index contributed by atoms with van der Waals surface area (Å²) in [4.78, 5) is 2.49. The molecule has 3 heteroatoms. The highest BCUT2D eigenvalue weighted by molar-refractivity contribution is 4.85. The Kier molecular flexibility index (Phi) is 7.33. The van der Waals surface area contributed by atoms with Crippen LogP contribution < -0.4 is 10.6 Å². The van der Waals surface area contributed by atoms with E-state index in [1.54, 1.807) is 0 Å². The maximum atomic E-state index is 3.72. The highest BCUT2D eigenvalue weighted by Gasteiger charge is 2.31. The molecule has 2 atom stereocenters. The molecule has 0 aliphatic carbocycles. The maximum absolute atomic E-state index is 3.72. The summed E-state index contributed by atoms with van der Waals surface area (Å²) in [7, 11) is 4.31. The van der Waals surface area contributed by atoms with Crippen LogP contribution in [0.5, 0.6) is 0 Å². The average molecular weight is 269 g/mol. The Bertz CT molecular complexity index is 240. The quantitative estimate of drug-likeness (QED) is 0.707. The smallest absolute Gasteiger partial charge is 0.00122 e. The zero-order chi connectivity index (χ0) is 14.3. The molecule has 0 aromatic carbocycles. The lowest BCUT2D eigenvalue weighted by Gasteiger charge is -2.40. The summed E-state index contributed by atoms with van der Waals surface area (Å²) in [5.41, 5.74) is 0.409. The van der Waals surface area contributed by atoms with Gasteiger partial charge >= 0.3 is 0 Å². The van der Waals surface area contributed by atoms with Crippen LogP contribution in [0.4, 0.5) is 0 Å². The molecule has 1 rings (SSSR count). The molecule has 1 aliphatic heterocycles. The fourth-order valence-corrected chi connectivity index (χ4v) is 3.20. The van der Waals surface area contributed by atoms with Gasteiger partial charge in [-0.2, -0.15) is 0 Å². The minimum Gasteiger partial charge on any atom is -0.319 e. The lowest BCUT2D eigenvalue weighted by Crippen LogP contribution is -2.45. The number of hydrogen-bond donors (Lipinski definition) is 2. The molecule has 19 heavy (non-hydrogen) atoms. The van der Waals surface area contributed by atoms with Crippen molar-refractivity contribution >= 4 is 0 Å². The first-order valence-corrected chi connectivity index (χ1v) is 8.03. The minimum atomic E-state index is 0.409. The van der Waals surface area contributed by atoms with E-state index in [1.165, 1.54) is 32.4 Å². The molecule has 0 saturated carbocycles. The van der Waals surface area contributed by atoms with Crippen LogP contribution in [0.3, 0.4) is 0 Å². The number of likely N-dealkylation sites (tertiary alicyclic amines) is 1. The topological polar surface area (TPSA) is 27.3 Å². The fourth-order valence-electron chi connectivity index (χ4n) is 3.20. The normalized spacial score (nSPS) is 23.5. The van der Waals surface area contributed by atoms with Gasteiger partial charge in [0.15, 0.2) is 0 Å². The van der Waals surface area contributed by atoms with E-state index >= 15 is 0 Å². The second-order valence-electron chi connectivity index (χ2n) is 7.05. The summed E-state index contributed by atoms with van der Waals surface area (Å²) in [6.07, 6.45) is 4.01. The first kappa shape index (κ1) is 16.9. The zero-order valence-corrected chi connectivity index (χ0v) is 13.8. The van der Waals surface area contributed by atoms with Crippen LogP contribution in [0.2, 0.25) is 0 Å². The molecule has 0 aromatic rings. The molecule has 0 radical (unpaired) electrons.